The lowest BCUT2D eigenvalue weighted by molar-refractivity contribution is -0.148. The number of amides is 1. The summed E-state index contributed by atoms with van der Waals surface area (Å²) < 4.78 is 62.2. The SMILES string of the molecule is CCS(=O)(=O)c1ccc(CNC(=O)c2cnc3c(c2)CN(CC2CCN(CC(F)(F)F)CC2)C3C(C)C)cc1. The summed E-state index contributed by atoms with van der Waals surface area (Å²) in [5.41, 5.74) is 3.22. The Morgan fingerprint density at radius 2 is 1.82 bits per heavy atom. The van der Waals surface area contributed by atoms with E-state index >= 15 is 0 Å². The van der Waals surface area contributed by atoms with Crippen molar-refractivity contribution in [2.75, 3.05) is 31.9 Å². The second-order valence-electron chi connectivity index (χ2n) is 11.0. The number of fused-ring (bicyclic) bond motifs is 1. The van der Waals surface area contributed by atoms with E-state index < -0.39 is 22.6 Å². The first-order valence-electron chi connectivity index (χ1n) is 13.5. The molecule has 2 aliphatic rings. The molecule has 1 aromatic carbocycles. The standard InChI is InChI=1S/C28H37F3N4O3S/c1-4-39(37,38)24-7-5-20(6-8-24)14-33-27(36)22-13-23-17-35(26(19(2)3)25(23)32-15-22)16-21-9-11-34(12-10-21)18-28(29,30)31/h5-8,13,15,19,21,26H,4,9-12,14,16-18H2,1-3H3,(H,33,36). The number of halogens is 3. The van der Waals surface area contributed by atoms with Crippen molar-refractivity contribution in [1.82, 2.24) is 20.1 Å². The molecule has 39 heavy (non-hydrogen) atoms. The predicted octanol–water partition coefficient (Wildman–Crippen LogP) is 4.59. The number of likely N-dealkylation sites (tertiary alicyclic amines) is 1. The van der Waals surface area contributed by atoms with Gasteiger partial charge in [-0.1, -0.05) is 32.9 Å². The van der Waals surface area contributed by atoms with Crippen molar-refractivity contribution >= 4 is 15.7 Å². The Bertz CT molecular complexity index is 1260. The van der Waals surface area contributed by atoms with Gasteiger partial charge >= 0.3 is 6.18 Å². The van der Waals surface area contributed by atoms with E-state index in [4.69, 9.17) is 0 Å². The fourth-order valence-electron chi connectivity index (χ4n) is 5.62. The van der Waals surface area contributed by atoms with Crippen molar-refractivity contribution in [3.05, 3.63) is 58.9 Å². The number of pyridine rings is 1. The number of hydrogen-bond donors (Lipinski definition) is 1. The molecule has 0 spiro atoms. The van der Waals surface area contributed by atoms with Gasteiger partial charge in [-0.05, 0) is 67.1 Å². The average molecular weight is 567 g/mol. The number of nitrogens with one attached hydrogen (secondary N) is 1. The van der Waals surface area contributed by atoms with E-state index in [0.29, 0.717) is 37.0 Å². The summed E-state index contributed by atoms with van der Waals surface area (Å²) >= 11 is 0. The van der Waals surface area contributed by atoms with Crippen LogP contribution in [0.25, 0.3) is 0 Å². The molecule has 1 fully saturated rings. The van der Waals surface area contributed by atoms with Crippen molar-refractivity contribution < 1.29 is 26.4 Å². The third-order valence-electron chi connectivity index (χ3n) is 7.66. The first-order valence-corrected chi connectivity index (χ1v) is 15.1. The van der Waals surface area contributed by atoms with E-state index in [1.807, 2.05) is 6.07 Å². The maximum atomic E-state index is 12.9. The highest BCUT2D eigenvalue weighted by atomic mass is 32.2. The van der Waals surface area contributed by atoms with Gasteiger partial charge in [-0.2, -0.15) is 13.2 Å². The summed E-state index contributed by atoms with van der Waals surface area (Å²) in [7, 11) is -3.27. The summed E-state index contributed by atoms with van der Waals surface area (Å²) in [5.74, 6) is 0.395. The number of piperidine rings is 1. The van der Waals surface area contributed by atoms with E-state index in [1.165, 1.54) is 4.90 Å². The molecule has 4 rings (SSSR count). The van der Waals surface area contributed by atoms with Crippen LogP contribution < -0.4 is 5.32 Å². The first-order chi connectivity index (χ1) is 18.4. The average Bonchev–Trinajstić information content (AvgIpc) is 3.25. The lowest BCUT2D eigenvalue weighted by atomic mass is 9.94. The van der Waals surface area contributed by atoms with Crippen LogP contribution in [0.5, 0.6) is 0 Å². The minimum Gasteiger partial charge on any atom is -0.348 e. The molecule has 0 bridgehead atoms. The molecule has 1 saturated heterocycles. The largest absolute Gasteiger partial charge is 0.401 e. The van der Waals surface area contributed by atoms with Crippen LogP contribution in [-0.2, 0) is 22.9 Å². The number of aromatic nitrogens is 1. The monoisotopic (exact) mass is 566 g/mol. The van der Waals surface area contributed by atoms with Crippen molar-refractivity contribution in [3.8, 4) is 0 Å². The topological polar surface area (TPSA) is 82.6 Å². The van der Waals surface area contributed by atoms with Crippen LogP contribution in [0.4, 0.5) is 13.2 Å². The van der Waals surface area contributed by atoms with Crippen LogP contribution in [-0.4, -0.2) is 67.2 Å². The summed E-state index contributed by atoms with van der Waals surface area (Å²) in [5, 5.41) is 2.88. The van der Waals surface area contributed by atoms with Crippen LogP contribution in [0.15, 0.2) is 41.4 Å². The lowest BCUT2D eigenvalue weighted by Gasteiger charge is -2.36. The highest BCUT2D eigenvalue weighted by Crippen LogP contribution is 2.39. The van der Waals surface area contributed by atoms with Gasteiger partial charge in [0.25, 0.3) is 5.91 Å². The maximum absolute atomic E-state index is 12.9. The number of carbonyl (C=O) groups excluding carboxylic acids is 1. The minimum atomic E-state index is -4.16. The van der Waals surface area contributed by atoms with E-state index in [-0.39, 0.29) is 29.1 Å². The highest BCUT2D eigenvalue weighted by Gasteiger charge is 2.37. The van der Waals surface area contributed by atoms with E-state index in [9.17, 15) is 26.4 Å². The molecule has 1 unspecified atom stereocenters. The molecule has 2 aromatic rings. The fraction of sp³-hybridized carbons (Fsp3) is 0.571. The van der Waals surface area contributed by atoms with Crippen molar-refractivity contribution in [2.45, 2.75) is 63.8 Å². The molecule has 214 valence electrons. The maximum Gasteiger partial charge on any atom is 0.401 e. The molecule has 0 saturated carbocycles. The number of alkyl halides is 3. The Balaban J connectivity index is 1.36. The van der Waals surface area contributed by atoms with E-state index in [0.717, 1.165) is 36.2 Å². The van der Waals surface area contributed by atoms with Gasteiger partial charge in [-0.25, -0.2) is 8.42 Å². The number of rotatable bonds is 9. The molecule has 1 atom stereocenters. The zero-order valence-corrected chi connectivity index (χ0v) is 23.5. The van der Waals surface area contributed by atoms with Gasteiger partial charge in [0.1, 0.15) is 0 Å². The lowest BCUT2D eigenvalue weighted by Crippen LogP contribution is -2.42. The Labute approximate surface area is 228 Å². The normalized spacial score (nSPS) is 19.4. The zero-order chi connectivity index (χ0) is 28.4. The molecule has 11 heteroatoms. The Kier molecular flexibility index (Phi) is 9.02. The van der Waals surface area contributed by atoms with Gasteiger partial charge in [0.15, 0.2) is 9.84 Å². The van der Waals surface area contributed by atoms with Crippen LogP contribution >= 0.6 is 0 Å². The number of sulfone groups is 1. The summed E-state index contributed by atoms with van der Waals surface area (Å²) in [6.07, 6.45) is -1.09. The second-order valence-corrected chi connectivity index (χ2v) is 13.2. The molecule has 2 aliphatic heterocycles. The van der Waals surface area contributed by atoms with Gasteiger partial charge in [-0.15, -0.1) is 0 Å². The minimum absolute atomic E-state index is 0.0325. The number of carbonyl (C=O) groups is 1. The highest BCUT2D eigenvalue weighted by molar-refractivity contribution is 7.91. The van der Waals surface area contributed by atoms with Crippen LogP contribution in [0.2, 0.25) is 0 Å². The van der Waals surface area contributed by atoms with Crippen molar-refractivity contribution in [2.24, 2.45) is 11.8 Å². The van der Waals surface area contributed by atoms with Gasteiger partial charge in [0.2, 0.25) is 0 Å². The third-order valence-corrected chi connectivity index (χ3v) is 9.41. The van der Waals surface area contributed by atoms with Gasteiger partial charge < -0.3 is 5.32 Å². The summed E-state index contributed by atoms with van der Waals surface area (Å²) in [6.45, 7) is 7.65. The number of nitrogens with zero attached hydrogens (tertiary/aromatic N) is 3. The molecule has 0 aliphatic carbocycles. The molecule has 1 aromatic heterocycles. The van der Waals surface area contributed by atoms with E-state index in [1.54, 1.807) is 37.4 Å². The Morgan fingerprint density at radius 3 is 2.41 bits per heavy atom. The quantitative estimate of drug-likeness (QED) is 0.478. The molecule has 1 N–H and O–H groups in total. The molecule has 7 nitrogen and oxygen atoms in total. The Hall–Kier alpha value is -2.50. The zero-order valence-electron chi connectivity index (χ0n) is 22.7. The van der Waals surface area contributed by atoms with Gasteiger partial charge in [0.05, 0.1) is 34.5 Å². The third kappa shape index (κ3) is 7.37. The van der Waals surface area contributed by atoms with Crippen molar-refractivity contribution in [1.29, 1.82) is 0 Å². The molecular formula is C28H37F3N4O3S. The second kappa shape index (κ2) is 11.9. The first kappa shape index (κ1) is 29.5. The number of hydrogen-bond acceptors (Lipinski definition) is 6. The smallest absolute Gasteiger partial charge is 0.348 e. The van der Waals surface area contributed by atoms with Gasteiger partial charge in [0, 0.05) is 25.8 Å². The van der Waals surface area contributed by atoms with Crippen LogP contribution in [0, 0.1) is 11.8 Å². The summed E-state index contributed by atoms with van der Waals surface area (Å²) in [4.78, 5) is 21.7. The van der Waals surface area contributed by atoms with Crippen LogP contribution in [0.3, 0.4) is 0 Å². The van der Waals surface area contributed by atoms with Gasteiger partial charge in [-0.3, -0.25) is 19.6 Å². The predicted molar refractivity (Wildman–Crippen MR) is 143 cm³/mol. The molecular weight excluding hydrogens is 529 g/mol. The molecule has 3 heterocycles. The summed E-state index contributed by atoms with van der Waals surface area (Å²) in [6, 6.07) is 8.49. The van der Waals surface area contributed by atoms with E-state index in [2.05, 4.69) is 29.0 Å². The fourth-order valence-corrected chi connectivity index (χ4v) is 6.51. The van der Waals surface area contributed by atoms with Crippen LogP contribution in [0.1, 0.15) is 66.8 Å². The Morgan fingerprint density at radius 1 is 1.15 bits per heavy atom. The number of benzene rings is 1. The molecule has 1 amide bonds. The molecule has 0 radical (unpaired) electrons. The van der Waals surface area contributed by atoms with Crippen molar-refractivity contribution in [3.63, 3.8) is 0 Å².